The number of esters is 1. The van der Waals surface area contributed by atoms with Crippen LogP contribution in [-0.2, 0) is 16.0 Å². The van der Waals surface area contributed by atoms with Gasteiger partial charge in [0.2, 0.25) is 0 Å². The Hall–Kier alpha value is -2.15. The normalized spacial score (nSPS) is 10.8. The first-order chi connectivity index (χ1) is 10.5. The fourth-order valence-corrected chi connectivity index (χ4v) is 2.05. The zero-order chi connectivity index (χ0) is 16.1. The van der Waals surface area contributed by atoms with Crippen molar-refractivity contribution in [2.45, 2.75) is 32.7 Å². The molecule has 22 heavy (non-hydrogen) atoms. The lowest BCUT2D eigenvalue weighted by Gasteiger charge is -2.14. The van der Waals surface area contributed by atoms with E-state index in [0.717, 1.165) is 11.4 Å². The van der Waals surface area contributed by atoms with Gasteiger partial charge in [-0.2, -0.15) is 0 Å². The molecule has 0 unspecified atom stereocenters. The smallest absolute Gasteiger partial charge is 0.305 e. The number of carbonyl (C=O) groups is 1. The third-order valence-corrected chi connectivity index (χ3v) is 3.10. The van der Waals surface area contributed by atoms with Gasteiger partial charge in [-0.05, 0) is 13.8 Å². The molecule has 2 aromatic heterocycles. The van der Waals surface area contributed by atoms with Crippen LogP contribution in [0.3, 0.4) is 0 Å². The van der Waals surface area contributed by atoms with Crippen LogP contribution in [0.15, 0.2) is 18.5 Å². The number of ether oxygens (including phenoxy) is 1. The lowest BCUT2D eigenvalue weighted by atomic mass is 10.2. The van der Waals surface area contributed by atoms with Crippen LogP contribution in [0.25, 0.3) is 5.69 Å². The van der Waals surface area contributed by atoms with Gasteiger partial charge in [-0.15, -0.1) is 5.10 Å². The summed E-state index contributed by atoms with van der Waals surface area (Å²) in [5.74, 6) is -0.273. The average Bonchev–Trinajstić information content (AvgIpc) is 2.93. The lowest BCUT2D eigenvalue weighted by molar-refractivity contribution is -0.140. The van der Waals surface area contributed by atoms with E-state index in [1.54, 1.807) is 23.1 Å². The second kappa shape index (κ2) is 7.22. The molecule has 118 valence electrons. The highest BCUT2D eigenvalue weighted by molar-refractivity contribution is 6.29. The van der Waals surface area contributed by atoms with E-state index in [9.17, 15) is 4.79 Å². The maximum absolute atomic E-state index is 11.2. The van der Waals surface area contributed by atoms with Gasteiger partial charge in [-0.25, -0.2) is 9.67 Å². The van der Waals surface area contributed by atoms with Crippen molar-refractivity contribution in [2.24, 2.45) is 0 Å². The first-order valence-electron chi connectivity index (χ1n) is 6.90. The van der Waals surface area contributed by atoms with Crippen molar-refractivity contribution in [3.63, 3.8) is 0 Å². The molecule has 0 radical (unpaired) electrons. The van der Waals surface area contributed by atoms with Crippen LogP contribution in [-0.4, -0.2) is 39.1 Å². The molecule has 0 aliphatic carbocycles. The molecule has 2 rings (SSSR count). The molecular weight excluding hydrogens is 306 g/mol. The lowest BCUT2D eigenvalue weighted by Crippen LogP contribution is -2.13. The summed E-state index contributed by atoms with van der Waals surface area (Å²) in [5, 5.41) is 11.8. The Bertz CT molecular complexity index is 656. The molecule has 7 nitrogen and oxygen atoms in total. The van der Waals surface area contributed by atoms with Gasteiger partial charge in [0.15, 0.2) is 0 Å². The van der Waals surface area contributed by atoms with Gasteiger partial charge in [0.05, 0.1) is 37.3 Å². The SMILES string of the molecule is COC(=O)CCc1cn(-c2cnc(Cl)cc2NC(C)C)nn1. The molecule has 0 saturated heterocycles. The van der Waals surface area contributed by atoms with E-state index in [4.69, 9.17) is 11.6 Å². The number of carbonyl (C=O) groups excluding carboxylic acids is 1. The Morgan fingerprint density at radius 3 is 2.95 bits per heavy atom. The van der Waals surface area contributed by atoms with E-state index >= 15 is 0 Å². The fourth-order valence-electron chi connectivity index (χ4n) is 1.89. The molecule has 2 aromatic rings. The Labute approximate surface area is 133 Å². The van der Waals surface area contributed by atoms with Crippen LogP contribution in [0.4, 0.5) is 5.69 Å². The number of pyridine rings is 1. The summed E-state index contributed by atoms with van der Waals surface area (Å²) in [6.07, 6.45) is 4.14. The largest absolute Gasteiger partial charge is 0.469 e. The molecule has 0 aromatic carbocycles. The third kappa shape index (κ3) is 4.17. The van der Waals surface area contributed by atoms with Crippen LogP contribution in [0, 0.1) is 0 Å². The van der Waals surface area contributed by atoms with E-state index in [2.05, 4.69) is 25.3 Å². The second-order valence-corrected chi connectivity index (χ2v) is 5.44. The number of methoxy groups -OCH3 is 1. The molecule has 0 aliphatic heterocycles. The monoisotopic (exact) mass is 323 g/mol. The number of nitrogens with zero attached hydrogens (tertiary/aromatic N) is 4. The minimum absolute atomic E-state index is 0.236. The van der Waals surface area contributed by atoms with Crippen molar-refractivity contribution >= 4 is 23.3 Å². The van der Waals surface area contributed by atoms with Gasteiger partial charge in [0.1, 0.15) is 10.8 Å². The van der Waals surface area contributed by atoms with Crippen molar-refractivity contribution < 1.29 is 9.53 Å². The van der Waals surface area contributed by atoms with E-state index < -0.39 is 0 Å². The number of aromatic nitrogens is 4. The van der Waals surface area contributed by atoms with Crippen LogP contribution in [0.1, 0.15) is 26.0 Å². The Morgan fingerprint density at radius 1 is 1.50 bits per heavy atom. The van der Waals surface area contributed by atoms with E-state index in [0.29, 0.717) is 17.3 Å². The predicted molar refractivity (Wildman–Crippen MR) is 83.3 cm³/mol. The summed E-state index contributed by atoms with van der Waals surface area (Å²) >= 11 is 5.95. The summed E-state index contributed by atoms with van der Waals surface area (Å²) in [6, 6.07) is 1.98. The number of hydrogen-bond acceptors (Lipinski definition) is 6. The van der Waals surface area contributed by atoms with E-state index in [1.165, 1.54) is 7.11 Å². The zero-order valence-electron chi connectivity index (χ0n) is 12.7. The van der Waals surface area contributed by atoms with Crippen LogP contribution in [0.2, 0.25) is 5.15 Å². The maximum Gasteiger partial charge on any atom is 0.305 e. The molecular formula is C14H18ClN5O2. The first-order valence-corrected chi connectivity index (χ1v) is 7.28. The number of hydrogen-bond donors (Lipinski definition) is 1. The molecule has 1 N–H and O–H groups in total. The number of nitrogens with one attached hydrogen (secondary N) is 1. The predicted octanol–water partition coefficient (Wildman–Crippen LogP) is 2.24. The summed E-state index contributed by atoms with van der Waals surface area (Å²) in [4.78, 5) is 15.2. The van der Waals surface area contributed by atoms with Gasteiger partial charge in [0.25, 0.3) is 0 Å². The topological polar surface area (TPSA) is 81.9 Å². The van der Waals surface area contributed by atoms with E-state index in [1.807, 2.05) is 13.8 Å². The highest BCUT2D eigenvalue weighted by atomic mass is 35.5. The fraction of sp³-hybridized carbons (Fsp3) is 0.429. The molecule has 0 amide bonds. The first kappa shape index (κ1) is 16.2. The van der Waals surface area contributed by atoms with Gasteiger partial charge < -0.3 is 10.1 Å². The summed E-state index contributed by atoms with van der Waals surface area (Å²) < 4.78 is 6.22. The van der Waals surface area contributed by atoms with Gasteiger partial charge in [-0.1, -0.05) is 16.8 Å². The Morgan fingerprint density at radius 2 is 2.27 bits per heavy atom. The van der Waals surface area contributed by atoms with Crippen LogP contribution >= 0.6 is 11.6 Å². The third-order valence-electron chi connectivity index (χ3n) is 2.89. The summed E-state index contributed by atoms with van der Waals surface area (Å²) in [6.45, 7) is 4.06. The highest BCUT2D eigenvalue weighted by Gasteiger charge is 2.11. The molecule has 0 spiro atoms. The van der Waals surface area contributed by atoms with Crippen molar-refractivity contribution in [1.82, 2.24) is 20.0 Å². The van der Waals surface area contributed by atoms with Crippen molar-refractivity contribution in [3.8, 4) is 5.69 Å². The molecule has 0 fully saturated rings. The van der Waals surface area contributed by atoms with Crippen LogP contribution < -0.4 is 5.32 Å². The molecule has 8 heteroatoms. The summed E-state index contributed by atoms with van der Waals surface area (Å²) in [5.41, 5.74) is 2.27. The summed E-state index contributed by atoms with van der Waals surface area (Å²) in [7, 11) is 1.36. The average molecular weight is 324 g/mol. The van der Waals surface area contributed by atoms with Crippen molar-refractivity contribution in [2.75, 3.05) is 12.4 Å². The van der Waals surface area contributed by atoms with Crippen molar-refractivity contribution in [3.05, 3.63) is 29.3 Å². The molecule has 2 heterocycles. The maximum atomic E-state index is 11.2. The van der Waals surface area contributed by atoms with E-state index in [-0.39, 0.29) is 18.4 Å². The van der Waals surface area contributed by atoms with Crippen LogP contribution in [0.5, 0.6) is 0 Å². The van der Waals surface area contributed by atoms with Gasteiger partial charge >= 0.3 is 5.97 Å². The molecule has 0 atom stereocenters. The minimum atomic E-state index is -0.273. The zero-order valence-corrected chi connectivity index (χ0v) is 13.5. The molecule has 0 aliphatic rings. The quantitative estimate of drug-likeness (QED) is 0.648. The number of halogens is 1. The molecule has 0 saturated carbocycles. The highest BCUT2D eigenvalue weighted by Crippen LogP contribution is 2.23. The molecule has 0 bridgehead atoms. The number of aryl methyl sites for hydroxylation is 1. The number of anilines is 1. The number of rotatable bonds is 6. The van der Waals surface area contributed by atoms with Crippen molar-refractivity contribution in [1.29, 1.82) is 0 Å². The Balaban J connectivity index is 2.21. The second-order valence-electron chi connectivity index (χ2n) is 5.05. The Kier molecular flexibility index (Phi) is 5.32. The van der Waals surface area contributed by atoms with Gasteiger partial charge in [-0.3, -0.25) is 4.79 Å². The minimum Gasteiger partial charge on any atom is -0.469 e. The standard InChI is InChI=1S/C14H18ClN5O2/c1-9(2)17-11-6-13(15)16-7-12(11)20-8-10(18-19-20)4-5-14(21)22-3/h6-9H,4-5H2,1-3H3,(H,16,17). The van der Waals surface area contributed by atoms with Gasteiger partial charge in [0, 0.05) is 18.5 Å².